The molecule has 28 heavy (non-hydrogen) atoms. The number of carbonyl (C=O) groups is 1. The van der Waals surface area contributed by atoms with E-state index in [4.69, 9.17) is 18.0 Å². The molecule has 0 unspecified atom stereocenters. The van der Waals surface area contributed by atoms with Gasteiger partial charge < -0.3 is 10.6 Å². The van der Waals surface area contributed by atoms with Crippen LogP contribution in [0.15, 0.2) is 28.6 Å². The summed E-state index contributed by atoms with van der Waals surface area (Å²) in [6, 6.07) is 5.40. The number of thioether (sulfide) groups is 1. The van der Waals surface area contributed by atoms with Gasteiger partial charge in [-0.3, -0.25) is 9.69 Å². The van der Waals surface area contributed by atoms with Crippen molar-refractivity contribution < 1.29 is 18.0 Å². The van der Waals surface area contributed by atoms with E-state index in [2.05, 4.69) is 10.00 Å². The van der Waals surface area contributed by atoms with E-state index >= 15 is 0 Å². The van der Waals surface area contributed by atoms with Crippen molar-refractivity contribution in [1.82, 2.24) is 14.7 Å². The number of carbonyl (C=O) groups excluding carboxylic acids is 1. The van der Waals surface area contributed by atoms with Gasteiger partial charge in [-0.1, -0.05) is 29.2 Å². The smallest absolute Gasteiger partial charge is 0.369 e. The molecule has 2 N–H and O–H groups in total. The topological polar surface area (TPSA) is 67.4 Å². The van der Waals surface area contributed by atoms with Crippen LogP contribution in [0.3, 0.4) is 0 Å². The fourth-order valence-electron chi connectivity index (χ4n) is 2.78. The molecule has 2 heterocycles. The Bertz CT molecular complexity index is 890. The molecule has 0 atom stereocenters. The minimum atomic E-state index is -4.34. The minimum absolute atomic E-state index is 0.151. The molecule has 1 fully saturated rings. The van der Waals surface area contributed by atoms with Crippen LogP contribution in [-0.4, -0.2) is 52.5 Å². The first-order valence-electron chi connectivity index (χ1n) is 8.36. The van der Waals surface area contributed by atoms with Crippen molar-refractivity contribution in [2.75, 3.05) is 36.8 Å². The molecule has 152 valence electrons. The van der Waals surface area contributed by atoms with E-state index in [0.717, 1.165) is 6.07 Å². The van der Waals surface area contributed by atoms with E-state index in [1.54, 1.807) is 10.7 Å². The summed E-state index contributed by atoms with van der Waals surface area (Å²) < 4.78 is 41.7. The highest BCUT2D eigenvalue weighted by Gasteiger charge is 2.31. The second kappa shape index (κ2) is 8.80. The number of aromatic nitrogens is 2. The molecular weight excluding hydrogens is 431 g/mol. The molecule has 0 radical (unpaired) electrons. The Morgan fingerprint density at radius 2 is 2.00 bits per heavy atom. The number of nitrogens with zero attached hydrogens (tertiary/aromatic N) is 4. The monoisotopic (exact) mass is 449 g/mol. The third-order valence-electron chi connectivity index (χ3n) is 4.17. The zero-order valence-corrected chi connectivity index (χ0v) is 17.1. The Morgan fingerprint density at radius 3 is 2.64 bits per heavy atom. The van der Waals surface area contributed by atoms with Crippen molar-refractivity contribution in [3.63, 3.8) is 0 Å². The van der Waals surface area contributed by atoms with Crippen LogP contribution in [0, 0.1) is 3.95 Å². The Morgan fingerprint density at radius 1 is 1.29 bits per heavy atom. The first-order chi connectivity index (χ1) is 13.2. The average Bonchev–Trinajstić information content (AvgIpc) is 3.00. The van der Waals surface area contributed by atoms with Gasteiger partial charge in [-0.15, -0.1) is 0 Å². The second-order valence-electron chi connectivity index (χ2n) is 6.18. The molecule has 12 heteroatoms. The van der Waals surface area contributed by atoms with E-state index in [1.807, 2.05) is 4.90 Å². The predicted octanol–water partition coefficient (Wildman–Crippen LogP) is 3.05. The molecule has 2 aromatic rings. The summed E-state index contributed by atoms with van der Waals surface area (Å²) in [7, 11) is 0. The van der Waals surface area contributed by atoms with Gasteiger partial charge in [0.15, 0.2) is 8.29 Å². The van der Waals surface area contributed by atoms with E-state index in [1.165, 1.54) is 35.2 Å². The molecule has 1 aliphatic heterocycles. The van der Waals surface area contributed by atoms with Gasteiger partial charge in [-0.2, -0.15) is 18.3 Å². The third kappa shape index (κ3) is 5.46. The lowest BCUT2D eigenvalue weighted by Gasteiger charge is -2.36. The lowest BCUT2D eigenvalue weighted by Crippen LogP contribution is -2.47. The van der Waals surface area contributed by atoms with Crippen LogP contribution in [-0.2, 0) is 17.6 Å². The van der Waals surface area contributed by atoms with Crippen molar-refractivity contribution >= 4 is 46.9 Å². The van der Waals surface area contributed by atoms with Crippen molar-refractivity contribution in [3.05, 3.63) is 33.8 Å². The quantitative estimate of drug-likeness (QED) is 0.540. The van der Waals surface area contributed by atoms with Crippen molar-refractivity contribution in [2.24, 2.45) is 5.73 Å². The molecule has 0 spiro atoms. The lowest BCUT2D eigenvalue weighted by atomic mass is 10.1. The largest absolute Gasteiger partial charge is 0.416 e. The zero-order chi connectivity index (χ0) is 20.3. The van der Waals surface area contributed by atoms with E-state index in [9.17, 15) is 18.0 Å². The normalized spacial score (nSPS) is 15.8. The first kappa shape index (κ1) is 21.1. The highest BCUT2D eigenvalue weighted by atomic mass is 32.2. The van der Waals surface area contributed by atoms with Crippen LogP contribution in [0.4, 0.5) is 18.9 Å². The van der Waals surface area contributed by atoms with Crippen LogP contribution >= 0.6 is 35.3 Å². The maximum atomic E-state index is 12.9. The molecule has 1 aromatic heterocycles. The number of halogens is 3. The van der Waals surface area contributed by atoms with Crippen molar-refractivity contribution in [2.45, 2.75) is 17.2 Å². The SMILES string of the molecule is NC(=O)CSc1nn(CN2CCN(c3cccc(C(F)(F)F)c3)CC2)c(=S)s1. The highest BCUT2D eigenvalue weighted by Crippen LogP contribution is 2.32. The number of rotatable bonds is 6. The van der Waals surface area contributed by atoms with Gasteiger partial charge in [0.05, 0.1) is 18.0 Å². The summed E-state index contributed by atoms with van der Waals surface area (Å²) in [4.78, 5) is 15.0. The zero-order valence-electron chi connectivity index (χ0n) is 14.7. The number of hydrogen-bond donors (Lipinski definition) is 1. The van der Waals surface area contributed by atoms with E-state index in [0.29, 0.717) is 46.8 Å². The maximum absolute atomic E-state index is 12.9. The molecule has 1 saturated heterocycles. The highest BCUT2D eigenvalue weighted by molar-refractivity contribution is 8.01. The molecular formula is C16H18F3N5OS3. The summed E-state index contributed by atoms with van der Waals surface area (Å²) in [5.41, 5.74) is 5.07. The van der Waals surface area contributed by atoms with Crippen molar-refractivity contribution in [3.8, 4) is 0 Å². The molecule has 3 rings (SSSR count). The van der Waals surface area contributed by atoms with Gasteiger partial charge >= 0.3 is 6.18 Å². The Labute approximate surface area is 173 Å². The van der Waals surface area contributed by atoms with Gasteiger partial charge in [-0.25, -0.2) is 4.68 Å². The molecule has 1 aliphatic rings. The second-order valence-corrected chi connectivity index (χ2v) is 9.03. The lowest BCUT2D eigenvalue weighted by molar-refractivity contribution is -0.137. The standard InChI is InChI=1S/C16H18F3N5OS3/c17-16(18,19)11-2-1-3-12(8-11)23-6-4-22(5-7-23)10-24-15(26)28-14(21-24)27-9-13(20)25/h1-3,8H,4-7,9-10H2,(H2,20,25). The van der Waals surface area contributed by atoms with Gasteiger partial charge in [0.2, 0.25) is 5.91 Å². The number of nitrogens with two attached hydrogens (primary N) is 1. The Kier molecular flexibility index (Phi) is 6.63. The van der Waals surface area contributed by atoms with Crippen LogP contribution in [0.2, 0.25) is 0 Å². The van der Waals surface area contributed by atoms with Gasteiger partial charge in [0.1, 0.15) is 0 Å². The summed E-state index contributed by atoms with van der Waals surface area (Å²) in [6.07, 6.45) is -4.34. The molecule has 6 nitrogen and oxygen atoms in total. The van der Waals surface area contributed by atoms with Crippen LogP contribution in [0.25, 0.3) is 0 Å². The third-order valence-corrected chi connectivity index (χ3v) is 6.63. The minimum Gasteiger partial charge on any atom is -0.369 e. The van der Waals surface area contributed by atoms with E-state index < -0.39 is 17.6 Å². The number of hydrogen-bond acceptors (Lipinski definition) is 7. The number of benzene rings is 1. The summed E-state index contributed by atoms with van der Waals surface area (Å²) >= 11 is 7.89. The summed E-state index contributed by atoms with van der Waals surface area (Å²) in [6.45, 7) is 3.09. The number of primary amides is 1. The Balaban J connectivity index is 1.58. The van der Waals surface area contributed by atoms with Gasteiger partial charge in [-0.05, 0) is 30.4 Å². The van der Waals surface area contributed by atoms with Crippen molar-refractivity contribution in [1.29, 1.82) is 0 Å². The van der Waals surface area contributed by atoms with Crippen LogP contribution in [0.1, 0.15) is 5.56 Å². The molecule has 1 amide bonds. The number of piperazine rings is 1. The molecule has 0 saturated carbocycles. The summed E-state index contributed by atoms with van der Waals surface area (Å²) in [5.74, 6) is -0.263. The maximum Gasteiger partial charge on any atom is 0.416 e. The average molecular weight is 450 g/mol. The summed E-state index contributed by atoms with van der Waals surface area (Å²) in [5, 5.41) is 4.40. The number of alkyl halides is 3. The molecule has 1 aromatic carbocycles. The number of anilines is 1. The first-order valence-corrected chi connectivity index (χ1v) is 10.6. The molecule has 0 bridgehead atoms. The Hall–Kier alpha value is -1.63. The van der Waals surface area contributed by atoms with Crippen LogP contribution < -0.4 is 10.6 Å². The van der Waals surface area contributed by atoms with E-state index in [-0.39, 0.29) is 5.75 Å². The van der Waals surface area contributed by atoms with Gasteiger partial charge in [0, 0.05) is 31.9 Å². The fraction of sp³-hybridized carbons (Fsp3) is 0.438. The fourth-order valence-corrected chi connectivity index (χ4v) is 4.84. The van der Waals surface area contributed by atoms with Gasteiger partial charge in [0.25, 0.3) is 0 Å². The number of amides is 1. The predicted molar refractivity (Wildman–Crippen MR) is 106 cm³/mol. The van der Waals surface area contributed by atoms with Crippen LogP contribution in [0.5, 0.6) is 0 Å². The molecule has 0 aliphatic carbocycles.